The zero-order valence-corrected chi connectivity index (χ0v) is 9.77. The highest BCUT2D eigenvalue weighted by Crippen LogP contribution is 2.19. The van der Waals surface area contributed by atoms with Gasteiger partial charge in [-0.15, -0.1) is 11.8 Å². The van der Waals surface area contributed by atoms with E-state index in [1.165, 1.54) is 17.7 Å². The van der Waals surface area contributed by atoms with Crippen LogP contribution in [0, 0.1) is 0 Å². The Kier molecular flexibility index (Phi) is 5.53. The summed E-state index contributed by atoms with van der Waals surface area (Å²) >= 11 is 1.75. The van der Waals surface area contributed by atoms with Gasteiger partial charge < -0.3 is 4.74 Å². The molecule has 0 aliphatic rings. The number of rotatable bonds is 6. The molecular weight excluding hydrogens is 192 g/mol. The topological polar surface area (TPSA) is 9.23 Å². The van der Waals surface area contributed by atoms with Gasteiger partial charge in [-0.2, -0.15) is 0 Å². The van der Waals surface area contributed by atoms with Gasteiger partial charge in [0.15, 0.2) is 0 Å². The molecule has 0 heterocycles. The second kappa shape index (κ2) is 6.77. The quantitative estimate of drug-likeness (QED) is 0.519. The molecule has 0 atom stereocenters. The van der Waals surface area contributed by atoms with Crippen molar-refractivity contribution in [2.45, 2.75) is 31.1 Å². The normalized spacial score (nSPS) is 10.1. The average Bonchev–Trinajstić information content (AvgIpc) is 2.25. The van der Waals surface area contributed by atoms with Crippen molar-refractivity contribution < 1.29 is 4.74 Å². The molecule has 0 fully saturated rings. The standard InChI is InChI=1S/C12H18OS/c1-3-4-5-10-13-11-6-8-12(14-2)9-7-11/h6-9H,3-5,10H2,1-2H3. The number of unbranched alkanes of at least 4 members (excludes halogenated alkanes) is 2. The lowest BCUT2D eigenvalue weighted by molar-refractivity contribution is 0.306. The van der Waals surface area contributed by atoms with Gasteiger partial charge in [0.05, 0.1) is 6.61 Å². The highest BCUT2D eigenvalue weighted by atomic mass is 32.2. The Labute approximate surface area is 90.9 Å². The molecule has 2 heteroatoms. The van der Waals surface area contributed by atoms with Gasteiger partial charge in [-0.05, 0) is 36.9 Å². The minimum Gasteiger partial charge on any atom is -0.494 e. The van der Waals surface area contributed by atoms with Crippen molar-refractivity contribution in [1.29, 1.82) is 0 Å². The fraction of sp³-hybridized carbons (Fsp3) is 0.500. The van der Waals surface area contributed by atoms with Gasteiger partial charge in [-0.3, -0.25) is 0 Å². The summed E-state index contributed by atoms with van der Waals surface area (Å²) in [5, 5.41) is 0. The number of thioether (sulfide) groups is 1. The summed E-state index contributed by atoms with van der Waals surface area (Å²) in [5.74, 6) is 0.985. The molecule has 0 spiro atoms. The summed E-state index contributed by atoms with van der Waals surface area (Å²) in [5.41, 5.74) is 0. The largest absolute Gasteiger partial charge is 0.494 e. The highest BCUT2D eigenvalue weighted by molar-refractivity contribution is 7.98. The van der Waals surface area contributed by atoms with Crippen LogP contribution in [-0.4, -0.2) is 12.9 Å². The lowest BCUT2D eigenvalue weighted by atomic mass is 10.3. The van der Waals surface area contributed by atoms with Crippen LogP contribution >= 0.6 is 11.8 Å². The molecule has 1 aromatic carbocycles. The van der Waals surface area contributed by atoms with E-state index in [0.29, 0.717) is 0 Å². The average molecular weight is 210 g/mol. The van der Waals surface area contributed by atoms with E-state index >= 15 is 0 Å². The predicted molar refractivity (Wildman–Crippen MR) is 63.2 cm³/mol. The van der Waals surface area contributed by atoms with Crippen LogP contribution in [0.4, 0.5) is 0 Å². The molecule has 0 bridgehead atoms. The second-order valence-electron chi connectivity index (χ2n) is 3.23. The summed E-state index contributed by atoms with van der Waals surface area (Å²) in [7, 11) is 0. The van der Waals surface area contributed by atoms with Crippen LogP contribution in [0.5, 0.6) is 5.75 Å². The summed E-state index contributed by atoms with van der Waals surface area (Å²) in [6.45, 7) is 3.04. The molecule has 78 valence electrons. The molecule has 0 N–H and O–H groups in total. The van der Waals surface area contributed by atoms with Crippen LogP contribution in [0.1, 0.15) is 26.2 Å². The SMILES string of the molecule is CCCCCOc1ccc(SC)cc1. The first-order chi connectivity index (χ1) is 6.86. The fourth-order valence-corrected chi connectivity index (χ4v) is 1.62. The van der Waals surface area contributed by atoms with E-state index < -0.39 is 0 Å². The Morgan fingerprint density at radius 3 is 2.43 bits per heavy atom. The molecular formula is C12H18OS. The minimum atomic E-state index is 0.840. The van der Waals surface area contributed by atoms with Crippen molar-refractivity contribution in [3.63, 3.8) is 0 Å². The van der Waals surface area contributed by atoms with Crippen LogP contribution in [-0.2, 0) is 0 Å². The lowest BCUT2D eigenvalue weighted by Crippen LogP contribution is -1.96. The Morgan fingerprint density at radius 2 is 1.86 bits per heavy atom. The van der Waals surface area contributed by atoms with Crippen LogP contribution in [0.3, 0.4) is 0 Å². The van der Waals surface area contributed by atoms with Crippen molar-refractivity contribution in [1.82, 2.24) is 0 Å². The first kappa shape index (κ1) is 11.4. The Hall–Kier alpha value is -0.630. The first-order valence-corrected chi connectivity index (χ1v) is 6.36. The Bertz CT molecular complexity index is 243. The predicted octanol–water partition coefficient (Wildman–Crippen LogP) is 3.98. The van der Waals surface area contributed by atoms with Gasteiger partial charge in [0.2, 0.25) is 0 Å². The molecule has 0 radical (unpaired) electrons. The van der Waals surface area contributed by atoms with E-state index in [0.717, 1.165) is 18.8 Å². The summed E-state index contributed by atoms with van der Waals surface area (Å²) < 4.78 is 5.60. The van der Waals surface area contributed by atoms with Crippen LogP contribution in [0.25, 0.3) is 0 Å². The highest BCUT2D eigenvalue weighted by Gasteiger charge is 1.93. The summed E-state index contributed by atoms with van der Waals surface area (Å²) in [6.07, 6.45) is 5.73. The van der Waals surface area contributed by atoms with Crippen molar-refractivity contribution in [3.8, 4) is 5.75 Å². The number of benzene rings is 1. The number of hydrogen-bond acceptors (Lipinski definition) is 2. The van der Waals surface area contributed by atoms with Gasteiger partial charge in [-0.25, -0.2) is 0 Å². The molecule has 0 aliphatic heterocycles. The molecule has 0 aliphatic carbocycles. The molecule has 14 heavy (non-hydrogen) atoms. The maximum Gasteiger partial charge on any atom is 0.119 e. The minimum absolute atomic E-state index is 0.840. The zero-order valence-electron chi connectivity index (χ0n) is 8.95. The van der Waals surface area contributed by atoms with Crippen LogP contribution in [0.15, 0.2) is 29.2 Å². The zero-order chi connectivity index (χ0) is 10.2. The molecule has 0 unspecified atom stereocenters. The number of hydrogen-bond donors (Lipinski definition) is 0. The molecule has 0 saturated carbocycles. The maximum absolute atomic E-state index is 5.60. The van der Waals surface area contributed by atoms with Gasteiger partial charge in [0, 0.05) is 4.90 Å². The van der Waals surface area contributed by atoms with Crippen molar-refractivity contribution >= 4 is 11.8 Å². The van der Waals surface area contributed by atoms with Gasteiger partial charge in [0.25, 0.3) is 0 Å². The van der Waals surface area contributed by atoms with E-state index in [1.54, 1.807) is 11.8 Å². The van der Waals surface area contributed by atoms with Crippen molar-refractivity contribution in [2.24, 2.45) is 0 Å². The van der Waals surface area contributed by atoms with E-state index in [9.17, 15) is 0 Å². The van der Waals surface area contributed by atoms with Crippen molar-refractivity contribution in [2.75, 3.05) is 12.9 Å². The van der Waals surface area contributed by atoms with E-state index in [4.69, 9.17) is 4.74 Å². The molecule has 1 nitrogen and oxygen atoms in total. The lowest BCUT2D eigenvalue weighted by Gasteiger charge is -2.05. The fourth-order valence-electron chi connectivity index (χ4n) is 1.21. The van der Waals surface area contributed by atoms with Gasteiger partial charge in [0.1, 0.15) is 5.75 Å². The summed E-state index contributed by atoms with van der Waals surface area (Å²) in [6, 6.07) is 8.27. The molecule has 1 aromatic rings. The van der Waals surface area contributed by atoms with E-state index in [1.807, 2.05) is 12.1 Å². The smallest absolute Gasteiger partial charge is 0.119 e. The maximum atomic E-state index is 5.60. The molecule has 0 amide bonds. The third-order valence-electron chi connectivity index (χ3n) is 2.08. The molecule has 1 rings (SSSR count). The Balaban J connectivity index is 2.29. The third-order valence-corrected chi connectivity index (χ3v) is 2.82. The summed E-state index contributed by atoms with van der Waals surface area (Å²) in [4.78, 5) is 1.28. The monoisotopic (exact) mass is 210 g/mol. The van der Waals surface area contributed by atoms with Crippen LogP contribution < -0.4 is 4.74 Å². The first-order valence-electron chi connectivity index (χ1n) is 5.13. The van der Waals surface area contributed by atoms with Gasteiger partial charge in [-0.1, -0.05) is 19.8 Å². The third kappa shape index (κ3) is 4.05. The second-order valence-corrected chi connectivity index (χ2v) is 4.11. The van der Waals surface area contributed by atoms with Crippen molar-refractivity contribution in [3.05, 3.63) is 24.3 Å². The molecule has 0 saturated heterocycles. The van der Waals surface area contributed by atoms with E-state index in [-0.39, 0.29) is 0 Å². The van der Waals surface area contributed by atoms with Gasteiger partial charge >= 0.3 is 0 Å². The van der Waals surface area contributed by atoms with E-state index in [2.05, 4.69) is 25.3 Å². The Morgan fingerprint density at radius 1 is 1.14 bits per heavy atom. The number of ether oxygens (including phenoxy) is 1. The van der Waals surface area contributed by atoms with Crippen LogP contribution in [0.2, 0.25) is 0 Å². The molecule has 0 aromatic heterocycles.